The second kappa shape index (κ2) is 6.07. The van der Waals surface area contributed by atoms with E-state index in [1.165, 1.54) is 0 Å². The third-order valence-corrected chi connectivity index (χ3v) is 3.70. The third kappa shape index (κ3) is 2.55. The monoisotopic (exact) mass is 279 g/mol. The van der Waals surface area contributed by atoms with E-state index in [1.807, 2.05) is 18.7 Å². The lowest BCUT2D eigenvalue weighted by Gasteiger charge is -2.34. The Bertz CT molecular complexity index is 480. The highest BCUT2D eigenvalue weighted by Gasteiger charge is 2.48. The second-order valence-corrected chi connectivity index (χ2v) is 4.97. The summed E-state index contributed by atoms with van der Waals surface area (Å²) in [6, 6.07) is 1.69. The van der Waals surface area contributed by atoms with Crippen LogP contribution in [0.1, 0.15) is 39.5 Å². The molecule has 0 saturated carbocycles. The number of hydrogen-bond acceptors (Lipinski definition) is 5. The van der Waals surface area contributed by atoms with Gasteiger partial charge in [0, 0.05) is 18.8 Å². The van der Waals surface area contributed by atoms with E-state index in [1.54, 1.807) is 12.3 Å². The number of aliphatic carboxylic acids is 1. The van der Waals surface area contributed by atoms with Crippen molar-refractivity contribution in [1.82, 2.24) is 9.97 Å². The molecule has 1 atom stereocenters. The lowest BCUT2D eigenvalue weighted by Crippen LogP contribution is -2.51. The molecule has 1 aliphatic heterocycles. The first-order valence-corrected chi connectivity index (χ1v) is 7.11. The Hall–Kier alpha value is -1.85. The largest absolute Gasteiger partial charge is 0.479 e. The van der Waals surface area contributed by atoms with Crippen LogP contribution in [0.15, 0.2) is 12.3 Å². The zero-order valence-electron chi connectivity index (χ0n) is 12.0. The smallest absolute Gasteiger partial charge is 0.329 e. The first-order chi connectivity index (χ1) is 9.64. The molecule has 0 spiro atoms. The van der Waals surface area contributed by atoms with E-state index >= 15 is 0 Å². The van der Waals surface area contributed by atoms with E-state index in [2.05, 4.69) is 9.97 Å². The Kier molecular flexibility index (Phi) is 4.42. The molecule has 1 aromatic rings. The number of hydrogen-bond donors (Lipinski definition) is 1. The molecule has 6 nitrogen and oxygen atoms in total. The zero-order valence-corrected chi connectivity index (χ0v) is 12.0. The van der Waals surface area contributed by atoms with Gasteiger partial charge in [-0.25, -0.2) is 9.78 Å². The van der Waals surface area contributed by atoms with Crippen molar-refractivity contribution in [1.29, 1.82) is 0 Å². The summed E-state index contributed by atoms with van der Waals surface area (Å²) in [6.07, 6.45) is 4.51. The molecule has 0 radical (unpaired) electrons. The number of aromatic nitrogens is 2. The molecule has 6 heteroatoms. The topological polar surface area (TPSA) is 75.5 Å². The second-order valence-electron chi connectivity index (χ2n) is 4.97. The summed E-state index contributed by atoms with van der Waals surface area (Å²) in [5.74, 6) is 0.145. The lowest BCUT2D eigenvalue weighted by molar-refractivity contribution is -0.143. The number of anilines is 1. The predicted molar refractivity (Wildman–Crippen MR) is 75.1 cm³/mol. The van der Waals surface area contributed by atoms with Crippen molar-refractivity contribution in [3.63, 3.8) is 0 Å². The number of carbonyl (C=O) groups is 1. The predicted octanol–water partition coefficient (Wildman–Crippen LogP) is 2.10. The van der Waals surface area contributed by atoms with Gasteiger partial charge in [-0.15, -0.1) is 0 Å². The average molecular weight is 279 g/mol. The molecule has 2 heterocycles. The lowest BCUT2D eigenvalue weighted by atomic mass is 9.91. The van der Waals surface area contributed by atoms with Crippen LogP contribution in [0, 0.1) is 0 Å². The van der Waals surface area contributed by atoms with E-state index in [0.29, 0.717) is 37.8 Å². The van der Waals surface area contributed by atoms with E-state index in [9.17, 15) is 9.90 Å². The van der Waals surface area contributed by atoms with Crippen LogP contribution in [-0.2, 0) is 4.79 Å². The molecule has 1 N–H and O–H groups in total. The van der Waals surface area contributed by atoms with Gasteiger partial charge >= 0.3 is 5.97 Å². The van der Waals surface area contributed by atoms with Crippen LogP contribution >= 0.6 is 0 Å². The van der Waals surface area contributed by atoms with Crippen LogP contribution in [0.4, 0.5) is 5.95 Å². The molecule has 0 aliphatic carbocycles. The van der Waals surface area contributed by atoms with Crippen LogP contribution in [-0.4, -0.2) is 39.7 Å². The highest BCUT2D eigenvalue weighted by atomic mass is 16.5. The molecule has 0 aromatic carbocycles. The van der Waals surface area contributed by atoms with Crippen LogP contribution in [0.5, 0.6) is 5.88 Å². The summed E-state index contributed by atoms with van der Waals surface area (Å²) < 4.78 is 5.37. The highest BCUT2D eigenvalue weighted by molar-refractivity contribution is 5.83. The number of carboxylic acids is 1. The van der Waals surface area contributed by atoms with Crippen molar-refractivity contribution in [3.05, 3.63) is 12.3 Å². The molecular weight excluding hydrogens is 258 g/mol. The van der Waals surface area contributed by atoms with Gasteiger partial charge in [-0.1, -0.05) is 13.3 Å². The Morgan fingerprint density at radius 1 is 1.55 bits per heavy atom. The Morgan fingerprint density at radius 2 is 2.35 bits per heavy atom. The SMILES string of the molecule is CCCC1(C(=O)O)CCCN1c1nccc(OCC)n1. The fourth-order valence-electron chi connectivity index (χ4n) is 2.86. The number of nitrogens with zero attached hydrogens (tertiary/aromatic N) is 3. The van der Waals surface area contributed by atoms with Crippen LogP contribution in [0.2, 0.25) is 0 Å². The molecule has 0 bridgehead atoms. The first kappa shape index (κ1) is 14.6. The standard InChI is InChI=1S/C14H21N3O3/c1-3-7-14(12(18)19)8-5-10-17(14)13-15-9-6-11(16-13)20-4-2/h6,9H,3-5,7-8,10H2,1-2H3,(H,18,19). The van der Waals surface area contributed by atoms with Crippen molar-refractivity contribution in [2.45, 2.75) is 45.1 Å². The van der Waals surface area contributed by atoms with Gasteiger partial charge in [-0.05, 0) is 26.2 Å². The number of ether oxygens (including phenoxy) is 1. The zero-order chi connectivity index (χ0) is 14.6. The minimum atomic E-state index is -0.875. The number of rotatable bonds is 6. The molecular formula is C14H21N3O3. The summed E-state index contributed by atoms with van der Waals surface area (Å²) >= 11 is 0. The van der Waals surface area contributed by atoms with E-state index in [4.69, 9.17) is 4.74 Å². The van der Waals surface area contributed by atoms with Gasteiger partial charge in [-0.2, -0.15) is 4.98 Å². The number of carboxylic acid groups (broad SMARTS) is 1. The van der Waals surface area contributed by atoms with Crippen molar-refractivity contribution in [2.24, 2.45) is 0 Å². The van der Waals surface area contributed by atoms with Crippen LogP contribution in [0.25, 0.3) is 0 Å². The van der Waals surface area contributed by atoms with Crippen LogP contribution in [0.3, 0.4) is 0 Å². The quantitative estimate of drug-likeness (QED) is 0.859. The maximum absolute atomic E-state index is 11.8. The van der Waals surface area contributed by atoms with Gasteiger partial charge in [-0.3, -0.25) is 0 Å². The van der Waals surface area contributed by atoms with Gasteiger partial charge in [0.25, 0.3) is 0 Å². The molecule has 20 heavy (non-hydrogen) atoms. The fraction of sp³-hybridized carbons (Fsp3) is 0.643. The molecule has 1 unspecified atom stereocenters. The molecule has 1 saturated heterocycles. The first-order valence-electron chi connectivity index (χ1n) is 7.11. The minimum absolute atomic E-state index is 0.448. The molecule has 1 aliphatic rings. The molecule has 1 fully saturated rings. The summed E-state index contributed by atoms with van der Waals surface area (Å²) in [5.41, 5.74) is -0.875. The fourth-order valence-corrected chi connectivity index (χ4v) is 2.86. The van der Waals surface area contributed by atoms with Gasteiger partial charge in [0.05, 0.1) is 6.61 Å². The van der Waals surface area contributed by atoms with Crippen molar-refractivity contribution >= 4 is 11.9 Å². The third-order valence-electron chi connectivity index (χ3n) is 3.70. The molecule has 1 aromatic heterocycles. The van der Waals surface area contributed by atoms with E-state index in [0.717, 1.165) is 12.8 Å². The summed E-state index contributed by atoms with van der Waals surface area (Å²) in [5, 5.41) is 9.67. The van der Waals surface area contributed by atoms with Gasteiger partial charge < -0.3 is 14.7 Å². The van der Waals surface area contributed by atoms with Crippen molar-refractivity contribution in [3.8, 4) is 5.88 Å². The summed E-state index contributed by atoms with van der Waals surface area (Å²) in [7, 11) is 0. The Morgan fingerprint density at radius 3 is 3.00 bits per heavy atom. The van der Waals surface area contributed by atoms with Gasteiger partial charge in [0.2, 0.25) is 11.8 Å². The molecule has 0 amide bonds. The maximum atomic E-state index is 11.8. The average Bonchev–Trinajstić information content (AvgIpc) is 2.85. The van der Waals surface area contributed by atoms with Crippen molar-refractivity contribution < 1.29 is 14.6 Å². The van der Waals surface area contributed by atoms with Gasteiger partial charge in [0.15, 0.2) is 0 Å². The highest BCUT2D eigenvalue weighted by Crippen LogP contribution is 2.36. The summed E-state index contributed by atoms with van der Waals surface area (Å²) in [6.45, 7) is 5.08. The van der Waals surface area contributed by atoms with Gasteiger partial charge in [0.1, 0.15) is 5.54 Å². The van der Waals surface area contributed by atoms with E-state index < -0.39 is 11.5 Å². The molecule has 110 valence electrons. The van der Waals surface area contributed by atoms with E-state index in [-0.39, 0.29) is 0 Å². The maximum Gasteiger partial charge on any atom is 0.329 e. The van der Waals surface area contributed by atoms with Crippen LogP contribution < -0.4 is 9.64 Å². The Balaban J connectivity index is 2.34. The molecule has 2 rings (SSSR count). The minimum Gasteiger partial charge on any atom is -0.479 e. The normalized spacial score (nSPS) is 22.0. The summed E-state index contributed by atoms with van der Waals surface area (Å²) in [4.78, 5) is 22.2. The Labute approximate surface area is 118 Å². The van der Waals surface area contributed by atoms with Crippen molar-refractivity contribution in [2.75, 3.05) is 18.1 Å².